The molecule has 0 bridgehead atoms. The fourth-order valence-corrected chi connectivity index (χ4v) is 1.88. The maximum absolute atomic E-state index is 9.82. The van der Waals surface area contributed by atoms with Crippen LogP contribution in [0.3, 0.4) is 0 Å². The Balaban J connectivity index is 2.03. The van der Waals surface area contributed by atoms with Gasteiger partial charge in [-0.3, -0.25) is 0 Å². The zero-order valence-corrected chi connectivity index (χ0v) is 10.3. The Bertz CT molecular complexity index is 791. The molecule has 2 aromatic carbocycles. The van der Waals surface area contributed by atoms with Crippen LogP contribution in [0.4, 0.5) is 11.4 Å². The maximum atomic E-state index is 9.82. The molecule has 4 N–H and O–H groups in total. The number of phenols is 2. The minimum atomic E-state index is -0.117. The maximum Gasteiger partial charge on any atom is 0.218 e. The van der Waals surface area contributed by atoms with E-state index in [1.807, 2.05) is 0 Å². The molecule has 1 heterocycles. The number of rotatable bonds is 2. The number of aromatic amines is 1. The highest BCUT2D eigenvalue weighted by atomic mass is 16.3. The quantitative estimate of drug-likeness (QED) is 0.533. The van der Waals surface area contributed by atoms with Crippen molar-refractivity contribution in [2.45, 2.75) is 0 Å². The third-order valence-corrected chi connectivity index (χ3v) is 2.85. The molecule has 1 aromatic heterocycles. The monoisotopic (exact) mass is 269 g/mol. The van der Waals surface area contributed by atoms with Gasteiger partial charge in [0.2, 0.25) is 5.88 Å². The van der Waals surface area contributed by atoms with Crippen LogP contribution >= 0.6 is 0 Å². The summed E-state index contributed by atoms with van der Waals surface area (Å²) in [5.74, 6) is 0.106. The minimum Gasteiger partial charge on any atom is -0.508 e. The van der Waals surface area contributed by atoms with Crippen LogP contribution in [-0.4, -0.2) is 20.3 Å². The lowest BCUT2D eigenvalue weighted by atomic mass is 10.2. The molecular weight excluding hydrogens is 258 g/mol. The van der Waals surface area contributed by atoms with E-state index in [9.17, 15) is 15.3 Å². The van der Waals surface area contributed by atoms with Crippen molar-refractivity contribution in [3.63, 3.8) is 0 Å². The van der Waals surface area contributed by atoms with Gasteiger partial charge < -0.3 is 20.3 Å². The van der Waals surface area contributed by atoms with Crippen LogP contribution in [0.15, 0.2) is 52.7 Å². The minimum absolute atomic E-state index is 0.0811. The molecule has 0 spiro atoms. The number of hydrogen-bond acceptors (Lipinski definition) is 5. The van der Waals surface area contributed by atoms with Crippen molar-refractivity contribution in [1.82, 2.24) is 4.98 Å². The van der Waals surface area contributed by atoms with Gasteiger partial charge in [-0.05, 0) is 42.5 Å². The summed E-state index contributed by atoms with van der Waals surface area (Å²) >= 11 is 0. The number of phenolic OH excluding ortho intramolecular Hbond substituents is 2. The van der Waals surface area contributed by atoms with E-state index in [0.717, 1.165) is 0 Å². The van der Waals surface area contributed by atoms with Crippen LogP contribution in [0.1, 0.15) is 0 Å². The van der Waals surface area contributed by atoms with Crippen molar-refractivity contribution < 1.29 is 15.3 Å². The molecule has 0 aliphatic heterocycles. The van der Waals surface area contributed by atoms with Gasteiger partial charge in [0.1, 0.15) is 11.5 Å². The van der Waals surface area contributed by atoms with Crippen LogP contribution in [0.2, 0.25) is 0 Å². The predicted molar refractivity (Wildman–Crippen MR) is 73.9 cm³/mol. The largest absolute Gasteiger partial charge is 0.508 e. The molecule has 0 saturated carbocycles. The highest BCUT2D eigenvalue weighted by Crippen LogP contribution is 2.37. The highest BCUT2D eigenvalue weighted by molar-refractivity contribution is 5.95. The summed E-state index contributed by atoms with van der Waals surface area (Å²) in [5, 5.41) is 37.0. The SMILES string of the molecule is Oc1ccc(N=Nc2c(O)[nH]c3ccc(O)cc23)cc1. The van der Waals surface area contributed by atoms with Gasteiger partial charge in [-0.25, -0.2) is 0 Å². The summed E-state index contributed by atoms with van der Waals surface area (Å²) in [5.41, 5.74) is 1.45. The molecule has 0 fully saturated rings. The van der Waals surface area contributed by atoms with Gasteiger partial charge in [-0.1, -0.05) is 0 Å². The highest BCUT2D eigenvalue weighted by Gasteiger charge is 2.10. The summed E-state index contributed by atoms with van der Waals surface area (Å²) in [7, 11) is 0. The summed E-state index contributed by atoms with van der Waals surface area (Å²) in [6.07, 6.45) is 0. The molecule has 0 unspecified atom stereocenters. The lowest BCUT2D eigenvalue weighted by molar-refractivity contribution is 0.459. The second-order valence-corrected chi connectivity index (χ2v) is 4.27. The lowest BCUT2D eigenvalue weighted by Gasteiger charge is -1.95. The second kappa shape index (κ2) is 4.58. The molecule has 0 atom stereocenters. The van der Waals surface area contributed by atoms with E-state index in [1.165, 1.54) is 24.3 Å². The number of H-pyrrole nitrogens is 1. The second-order valence-electron chi connectivity index (χ2n) is 4.27. The Morgan fingerprint density at radius 1 is 0.800 bits per heavy atom. The summed E-state index contributed by atoms with van der Waals surface area (Å²) in [6.45, 7) is 0. The number of aromatic nitrogens is 1. The molecule has 0 saturated heterocycles. The van der Waals surface area contributed by atoms with Crippen LogP contribution in [0.5, 0.6) is 17.4 Å². The fourth-order valence-electron chi connectivity index (χ4n) is 1.88. The van der Waals surface area contributed by atoms with Crippen LogP contribution in [0, 0.1) is 0 Å². The number of benzene rings is 2. The van der Waals surface area contributed by atoms with Gasteiger partial charge >= 0.3 is 0 Å². The van der Waals surface area contributed by atoms with E-state index >= 15 is 0 Å². The zero-order valence-electron chi connectivity index (χ0n) is 10.3. The van der Waals surface area contributed by atoms with E-state index in [2.05, 4.69) is 15.2 Å². The number of azo groups is 1. The molecule has 6 heteroatoms. The summed E-state index contributed by atoms with van der Waals surface area (Å²) in [4.78, 5) is 2.75. The average Bonchev–Trinajstić information content (AvgIpc) is 2.73. The van der Waals surface area contributed by atoms with Gasteiger partial charge in [-0.15, -0.1) is 5.11 Å². The van der Waals surface area contributed by atoms with Crippen molar-refractivity contribution in [1.29, 1.82) is 0 Å². The third kappa shape index (κ3) is 2.14. The van der Waals surface area contributed by atoms with Crippen molar-refractivity contribution in [3.05, 3.63) is 42.5 Å². The van der Waals surface area contributed by atoms with E-state index in [-0.39, 0.29) is 23.1 Å². The first-order valence-corrected chi connectivity index (χ1v) is 5.88. The molecule has 3 aromatic rings. The van der Waals surface area contributed by atoms with Crippen molar-refractivity contribution in [2.75, 3.05) is 0 Å². The van der Waals surface area contributed by atoms with Gasteiger partial charge in [0, 0.05) is 5.39 Å². The van der Waals surface area contributed by atoms with Crippen molar-refractivity contribution in [3.8, 4) is 17.4 Å². The smallest absolute Gasteiger partial charge is 0.218 e. The molecule has 0 aliphatic rings. The predicted octanol–water partition coefficient (Wildman–Crippen LogP) is 3.70. The van der Waals surface area contributed by atoms with Gasteiger partial charge in [0.25, 0.3) is 0 Å². The third-order valence-electron chi connectivity index (χ3n) is 2.85. The Morgan fingerprint density at radius 2 is 1.50 bits per heavy atom. The first-order valence-electron chi connectivity index (χ1n) is 5.88. The molecule has 3 rings (SSSR count). The molecule has 0 amide bonds. The van der Waals surface area contributed by atoms with Crippen molar-refractivity contribution >= 4 is 22.3 Å². The normalized spacial score (nSPS) is 11.4. The van der Waals surface area contributed by atoms with Crippen molar-refractivity contribution in [2.24, 2.45) is 10.2 Å². The van der Waals surface area contributed by atoms with Crippen LogP contribution in [0.25, 0.3) is 10.9 Å². The van der Waals surface area contributed by atoms with E-state index in [1.54, 1.807) is 18.2 Å². The number of aromatic hydroxyl groups is 3. The van der Waals surface area contributed by atoms with E-state index in [4.69, 9.17) is 0 Å². The summed E-state index contributed by atoms with van der Waals surface area (Å²) in [6, 6.07) is 10.8. The molecule has 6 nitrogen and oxygen atoms in total. The number of fused-ring (bicyclic) bond motifs is 1. The number of nitrogens with one attached hydrogen (secondary N) is 1. The Morgan fingerprint density at radius 3 is 2.25 bits per heavy atom. The van der Waals surface area contributed by atoms with Crippen LogP contribution in [-0.2, 0) is 0 Å². The van der Waals surface area contributed by atoms with E-state index in [0.29, 0.717) is 16.6 Å². The average molecular weight is 269 g/mol. The lowest BCUT2D eigenvalue weighted by Crippen LogP contribution is -1.67. The molecule has 100 valence electrons. The molecule has 0 aliphatic carbocycles. The Labute approximate surface area is 113 Å². The summed E-state index contributed by atoms with van der Waals surface area (Å²) < 4.78 is 0. The van der Waals surface area contributed by atoms with Crippen LogP contribution < -0.4 is 0 Å². The Hall–Kier alpha value is -3.02. The van der Waals surface area contributed by atoms with Gasteiger partial charge in [0.15, 0.2) is 5.69 Å². The Kier molecular flexibility index (Phi) is 2.76. The number of hydrogen-bond donors (Lipinski definition) is 4. The molecular formula is C14H11N3O3. The topological polar surface area (TPSA) is 101 Å². The van der Waals surface area contributed by atoms with Gasteiger partial charge in [0.05, 0.1) is 11.2 Å². The first kappa shape index (κ1) is 12.0. The first-order chi connectivity index (χ1) is 9.63. The number of nitrogens with zero attached hydrogens (tertiary/aromatic N) is 2. The zero-order chi connectivity index (χ0) is 14.1. The van der Waals surface area contributed by atoms with E-state index < -0.39 is 0 Å². The molecule has 20 heavy (non-hydrogen) atoms. The standard InChI is InChI=1S/C14H11N3O3/c18-9-3-1-8(2-4-9)16-17-13-11-7-10(19)5-6-12(11)15-14(13)20/h1-7,15,18-20H. The fraction of sp³-hybridized carbons (Fsp3) is 0. The molecule has 0 radical (unpaired) electrons. The van der Waals surface area contributed by atoms with Gasteiger partial charge in [-0.2, -0.15) is 5.11 Å².